The summed E-state index contributed by atoms with van der Waals surface area (Å²) in [5.41, 5.74) is 5.55. The number of hydrogen-bond acceptors (Lipinski definition) is 3. The zero-order chi connectivity index (χ0) is 9.26. The first-order valence-electron chi connectivity index (χ1n) is 5.45. The number of hydrogen-bond donors (Lipinski definition) is 1. The summed E-state index contributed by atoms with van der Waals surface area (Å²) in [5.74, 6) is 0. The fourth-order valence-corrected chi connectivity index (χ4v) is 2.29. The van der Waals surface area contributed by atoms with Crippen molar-refractivity contribution in [3.05, 3.63) is 0 Å². The highest BCUT2D eigenvalue weighted by Gasteiger charge is 2.35. The molecule has 2 rings (SSSR count). The second-order valence-electron chi connectivity index (χ2n) is 4.44. The van der Waals surface area contributed by atoms with Crippen LogP contribution < -0.4 is 5.73 Å². The Morgan fingerprint density at radius 2 is 2.15 bits per heavy atom. The van der Waals surface area contributed by atoms with Crippen LogP contribution in [-0.2, 0) is 0 Å². The van der Waals surface area contributed by atoms with Gasteiger partial charge in [-0.2, -0.15) is 0 Å². The van der Waals surface area contributed by atoms with E-state index < -0.39 is 0 Å². The van der Waals surface area contributed by atoms with Gasteiger partial charge in [-0.15, -0.1) is 0 Å². The van der Waals surface area contributed by atoms with Crippen LogP contribution in [0.4, 0.5) is 0 Å². The van der Waals surface area contributed by atoms with E-state index in [1.54, 1.807) is 0 Å². The lowest BCUT2D eigenvalue weighted by Crippen LogP contribution is -2.37. The van der Waals surface area contributed by atoms with E-state index in [0.29, 0.717) is 0 Å². The van der Waals surface area contributed by atoms with Gasteiger partial charge in [-0.25, -0.2) is 0 Å². The number of likely N-dealkylation sites (tertiary alicyclic amines) is 1. The summed E-state index contributed by atoms with van der Waals surface area (Å²) >= 11 is 0. The van der Waals surface area contributed by atoms with Crippen LogP contribution in [0.1, 0.15) is 19.3 Å². The third-order valence-corrected chi connectivity index (χ3v) is 3.36. The molecule has 0 spiro atoms. The van der Waals surface area contributed by atoms with Crippen LogP contribution in [0.2, 0.25) is 0 Å². The summed E-state index contributed by atoms with van der Waals surface area (Å²) in [6, 6.07) is 1.71. The summed E-state index contributed by atoms with van der Waals surface area (Å²) in [7, 11) is 2.20. The molecule has 0 aromatic carbocycles. The highest BCUT2D eigenvalue weighted by atomic mass is 15.3. The van der Waals surface area contributed by atoms with Crippen molar-refractivity contribution < 1.29 is 0 Å². The molecule has 0 bridgehead atoms. The Kier molecular flexibility index (Phi) is 2.86. The average Bonchev–Trinajstić information content (AvgIpc) is 2.84. The molecular formula is C10H21N3. The van der Waals surface area contributed by atoms with Gasteiger partial charge in [0.05, 0.1) is 0 Å². The molecule has 0 aromatic heterocycles. The molecule has 76 valence electrons. The predicted octanol–water partition coefficient (Wildman–Crippen LogP) is 0.114. The molecule has 0 radical (unpaired) electrons. The third-order valence-electron chi connectivity index (χ3n) is 3.36. The van der Waals surface area contributed by atoms with Gasteiger partial charge in [0.15, 0.2) is 0 Å². The monoisotopic (exact) mass is 183 g/mol. The van der Waals surface area contributed by atoms with E-state index in [9.17, 15) is 0 Å². The van der Waals surface area contributed by atoms with E-state index in [-0.39, 0.29) is 0 Å². The van der Waals surface area contributed by atoms with Gasteiger partial charge >= 0.3 is 0 Å². The first kappa shape index (κ1) is 9.44. The van der Waals surface area contributed by atoms with Crippen LogP contribution >= 0.6 is 0 Å². The zero-order valence-electron chi connectivity index (χ0n) is 8.58. The molecule has 3 heteroatoms. The van der Waals surface area contributed by atoms with Crippen molar-refractivity contribution in [1.29, 1.82) is 0 Å². The minimum absolute atomic E-state index is 0.768. The maximum atomic E-state index is 5.55. The van der Waals surface area contributed by atoms with Gasteiger partial charge in [0.2, 0.25) is 0 Å². The standard InChI is InChI=1S/C10H21N3/c1-12(7-5-11)10-4-6-13(8-10)9-2-3-9/h9-10H,2-8,11H2,1H3. The molecule has 2 N–H and O–H groups in total. The first-order chi connectivity index (χ1) is 6.31. The molecule has 13 heavy (non-hydrogen) atoms. The van der Waals surface area contributed by atoms with Crippen molar-refractivity contribution >= 4 is 0 Å². The molecule has 2 aliphatic rings. The van der Waals surface area contributed by atoms with Crippen LogP contribution in [0.15, 0.2) is 0 Å². The lowest BCUT2D eigenvalue weighted by molar-refractivity contribution is 0.234. The predicted molar refractivity (Wildman–Crippen MR) is 54.7 cm³/mol. The lowest BCUT2D eigenvalue weighted by Gasteiger charge is -2.23. The molecule has 0 amide bonds. The summed E-state index contributed by atoms with van der Waals surface area (Å²) in [6.45, 7) is 4.42. The molecule has 1 heterocycles. The van der Waals surface area contributed by atoms with Crippen LogP contribution in [-0.4, -0.2) is 55.1 Å². The topological polar surface area (TPSA) is 32.5 Å². The Bertz CT molecular complexity index is 168. The average molecular weight is 183 g/mol. The third kappa shape index (κ3) is 2.22. The fraction of sp³-hybridized carbons (Fsp3) is 1.00. The molecule has 1 unspecified atom stereocenters. The Morgan fingerprint density at radius 1 is 1.38 bits per heavy atom. The van der Waals surface area contributed by atoms with Crippen LogP contribution in [0.5, 0.6) is 0 Å². The van der Waals surface area contributed by atoms with Gasteiger partial charge in [-0.3, -0.25) is 4.90 Å². The van der Waals surface area contributed by atoms with E-state index >= 15 is 0 Å². The summed E-state index contributed by atoms with van der Waals surface area (Å²) in [4.78, 5) is 5.07. The quantitative estimate of drug-likeness (QED) is 0.671. The first-order valence-corrected chi connectivity index (χ1v) is 5.45. The number of nitrogens with two attached hydrogens (primary N) is 1. The maximum absolute atomic E-state index is 5.55. The molecule has 1 aliphatic carbocycles. The van der Waals surface area contributed by atoms with Gasteiger partial charge in [-0.05, 0) is 26.3 Å². The van der Waals surface area contributed by atoms with Crippen LogP contribution in [0.3, 0.4) is 0 Å². The Balaban J connectivity index is 1.76. The highest BCUT2D eigenvalue weighted by molar-refractivity contribution is 4.92. The normalized spacial score (nSPS) is 30.2. The summed E-state index contributed by atoms with van der Waals surface area (Å²) in [5, 5.41) is 0. The van der Waals surface area contributed by atoms with Gasteiger partial charge in [0.25, 0.3) is 0 Å². The van der Waals surface area contributed by atoms with Gasteiger partial charge in [0.1, 0.15) is 0 Å². The van der Waals surface area contributed by atoms with Crippen molar-refractivity contribution in [3.63, 3.8) is 0 Å². The summed E-state index contributed by atoms with van der Waals surface area (Å²) < 4.78 is 0. The molecule has 1 saturated carbocycles. The Morgan fingerprint density at radius 3 is 2.77 bits per heavy atom. The van der Waals surface area contributed by atoms with Crippen molar-refractivity contribution in [2.75, 3.05) is 33.2 Å². The molecule has 1 aliphatic heterocycles. The SMILES string of the molecule is CN(CCN)C1CCN(C2CC2)C1. The van der Waals surface area contributed by atoms with Crippen LogP contribution in [0, 0.1) is 0 Å². The molecule has 0 aromatic rings. The molecular weight excluding hydrogens is 162 g/mol. The maximum Gasteiger partial charge on any atom is 0.0232 e. The van der Waals surface area contributed by atoms with Crippen molar-refractivity contribution in [2.45, 2.75) is 31.3 Å². The van der Waals surface area contributed by atoms with Gasteiger partial charge < -0.3 is 10.6 Å². The fourth-order valence-electron chi connectivity index (χ4n) is 2.29. The van der Waals surface area contributed by atoms with Gasteiger partial charge in [0, 0.05) is 38.3 Å². The Hall–Kier alpha value is -0.120. The van der Waals surface area contributed by atoms with E-state index in [1.807, 2.05) is 0 Å². The van der Waals surface area contributed by atoms with Crippen molar-refractivity contribution in [2.24, 2.45) is 5.73 Å². The minimum atomic E-state index is 0.768. The molecule has 1 atom stereocenters. The van der Waals surface area contributed by atoms with Crippen molar-refractivity contribution in [3.8, 4) is 0 Å². The Labute approximate surface area is 80.9 Å². The van der Waals surface area contributed by atoms with Crippen molar-refractivity contribution in [1.82, 2.24) is 9.80 Å². The number of nitrogens with zero attached hydrogens (tertiary/aromatic N) is 2. The second-order valence-corrected chi connectivity index (χ2v) is 4.44. The van der Waals surface area contributed by atoms with E-state index in [0.717, 1.165) is 25.2 Å². The number of rotatable bonds is 4. The minimum Gasteiger partial charge on any atom is -0.329 e. The highest BCUT2D eigenvalue weighted by Crippen LogP contribution is 2.30. The van der Waals surface area contributed by atoms with E-state index in [1.165, 1.54) is 32.4 Å². The zero-order valence-corrected chi connectivity index (χ0v) is 8.58. The second kappa shape index (κ2) is 3.95. The van der Waals surface area contributed by atoms with E-state index in [4.69, 9.17) is 5.73 Å². The lowest BCUT2D eigenvalue weighted by atomic mass is 10.2. The molecule has 1 saturated heterocycles. The largest absolute Gasteiger partial charge is 0.329 e. The summed E-state index contributed by atoms with van der Waals surface area (Å²) in [6.07, 6.45) is 4.22. The molecule has 3 nitrogen and oxygen atoms in total. The van der Waals surface area contributed by atoms with E-state index in [2.05, 4.69) is 16.8 Å². The van der Waals surface area contributed by atoms with Crippen LogP contribution in [0.25, 0.3) is 0 Å². The van der Waals surface area contributed by atoms with Gasteiger partial charge in [-0.1, -0.05) is 0 Å². The smallest absolute Gasteiger partial charge is 0.0232 e. The number of likely N-dealkylation sites (N-methyl/N-ethyl adjacent to an activating group) is 1. The molecule has 2 fully saturated rings.